The summed E-state index contributed by atoms with van der Waals surface area (Å²) in [4.78, 5) is 13.3. The van der Waals surface area contributed by atoms with Crippen LogP contribution in [0.1, 0.15) is 36.3 Å². The second-order valence-electron chi connectivity index (χ2n) is 6.96. The average Bonchev–Trinajstić information content (AvgIpc) is 3.30. The second kappa shape index (κ2) is 7.28. The van der Waals surface area contributed by atoms with Gasteiger partial charge in [-0.1, -0.05) is 18.2 Å². The summed E-state index contributed by atoms with van der Waals surface area (Å²) in [5.74, 6) is 0.601. The van der Waals surface area contributed by atoms with Gasteiger partial charge in [0.1, 0.15) is 18.1 Å². The first kappa shape index (κ1) is 16.8. The molecule has 0 saturated carbocycles. The highest BCUT2D eigenvalue weighted by Gasteiger charge is 2.26. The van der Waals surface area contributed by atoms with Crippen LogP contribution >= 0.6 is 0 Å². The summed E-state index contributed by atoms with van der Waals surface area (Å²) in [7, 11) is 0. The van der Waals surface area contributed by atoms with Crippen molar-refractivity contribution in [1.29, 1.82) is 0 Å². The van der Waals surface area contributed by atoms with Gasteiger partial charge in [-0.05, 0) is 36.6 Å². The minimum Gasteiger partial charge on any atom is -0.492 e. The summed E-state index contributed by atoms with van der Waals surface area (Å²) in [5.41, 5.74) is 3.35. The number of hydrogen-bond donors (Lipinski definition) is 1. The minimum atomic E-state index is -0.801. The predicted molar refractivity (Wildman–Crippen MR) is 99.2 cm³/mol. The third kappa shape index (κ3) is 3.62. The molecule has 2 aromatic rings. The fraction of sp³-hybridized carbons (Fsp3) is 0.381. The molecule has 2 aliphatic rings. The lowest BCUT2D eigenvalue weighted by Crippen LogP contribution is -2.17. The summed E-state index contributed by atoms with van der Waals surface area (Å²) in [5, 5.41) is 8.98. The third-order valence-electron chi connectivity index (χ3n) is 5.07. The van der Waals surface area contributed by atoms with Gasteiger partial charge in [-0.15, -0.1) is 0 Å². The van der Waals surface area contributed by atoms with Gasteiger partial charge in [-0.25, -0.2) is 0 Å². The molecular formula is C21H23NO4. The lowest BCUT2D eigenvalue weighted by Gasteiger charge is -2.18. The van der Waals surface area contributed by atoms with Gasteiger partial charge < -0.3 is 19.5 Å². The molecule has 1 fully saturated rings. The first-order chi connectivity index (χ1) is 12.7. The van der Waals surface area contributed by atoms with E-state index in [1.54, 1.807) is 0 Å². The Hall–Kier alpha value is -2.69. The zero-order valence-corrected chi connectivity index (χ0v) is 14.7. The second-order valence-corrected chi connectivity index (χ2v) is 6.96. The van der Waals surface area contributed by atoms with Crippen molar-refractivity contribution in [3.63, 3.8) is 0 Å². The first-order valence-electron chi connectivity index (χ1n) is 9.14. The highest BCUT2D eigenvalue weighted by atomic mass is 16.5. The van der Waals surface area contributed by atoms with Crippen LogP contribution in [0.2, 0.25) is 0 Å². The normalized spacial score (nSPS) is 18.5. The smallest absolute Gasteiger partial charge is 0.304 e. The fourth-order valence-corrected chi connectivity index (χ4v) is 3.71. The van der Waals surface area contributed by atoms with Gasteiger partial charge in [-0.2, -0.15) is 0 Å². The molecule has 1 atom stereocenters. The van der Waals surface area contributed by atoms with Crippen molar-refractivity contribution in [2.75, 3.05) is 24.6 Å². The number of benzene rings is 2. The Morgan fingerprint density at radius 3 is 2.85 bits per heavy atom. The number of aliphatic carboxylic acids is 1. The third-order valence-corrected chi connectivity index (χ3v) is 5.07. The van der Waals surface area contributed by atoms with E-state index in [-0.39, 0.29) is 12.3 Å². The average molecular weight is 353 g/mol. The maximum Gasteiger partial charge on any atom is 0.304 e. The molecule has 1 saturated heterocycles. The Labute approximate surface area is 153 Å². The molecule has 5 nitrogen and oxygen atoms in total. The number of ether oxygens (including phenoxy) is 2. The van der Waals surface area contributed by atoms with E-state index in [0.717, 1.165) is 35.7 Å². The Morgan fingerprint density at radius 2 is 2.04 bits per heavy atom. The van der Waals surface area contributed by atoms with Crippen LogP contribution in [0.4, 0.5) is 5.69 Å². The van der Waals surface area contributed by atoms with Crippen molar-refractivity contribution < 1.29 is 19.4 Å². The fourth-order valence-electron chi connectivity index (χ4n) is 3.71. The Morgan fingerprint density at radius 1 is 1.19 bits per heavy atom. The van der Waals surface area contributed by atoms with Gasteiger partial charge in [0.15, 0.2) is 0 Å². The molecule has 0 aliphatic carbocycles. The van der Waals surface area contributed by atoms with Crippen LogP contribution in [0.25, 0.3) is 0 Å². The van der Waals surface area contributed by atoms with E-state index < -0.39 is 5.97 Å². The van der Waals surface area contributed by atoms with Gasteiger partial charge >= 0.3 is 5.97 Å². The molecule has 136 valence electrons. The summed E-state index contributed by atoms with van der Waals surface area (Å²) in [6.07, 6.45) is 2.62. The Kier molecular flexibility index (Phi) is 4.69. The largest absolute Gasteiger partial charge is 0.492 e. The van der Waals surface area contributed by atoms with E-state index in [9.17, 15) is 4.79 Å². The van der Waals surface area contributed by atoms with Crippen LogP contribution in [0, 0.1) is 0 Å². The van der Waals surface area contributed by atoms with E-state index in [2.05, 4.69) is 29.2 Å². The standard InChI is InChI=1S/C21H23NO4/c23-21(24)11-16-14-26-20-12-18(6-7-19(16)20)25-13-15-4-3-5-17(10-15)22-8-1-2-9-22/h3-7,10,12,16H,1-2,8-9,11,13-14H2,(H,23,24). The Bertz CT molecular complexity index is 798. The lowest BCUT2D eigenvalue weighted by molar-refractivity contribution is -0.137. The van der Waals surface area contributed by atoms with Crippen LogP contribution in [0.15, 0.2) is 42.5 Å². The number of anilines is 1. The zero-order valence-electron chi connectivity index (χ0n) is 14.7. The summed E-state index contributed by atoms with van der Waals surface area (Å²) in [6.45, 7) is 3.18. The van der Waals surface area contributed by atoms with Crippen LogP contribution in [-0.4, -0.2) is 30.8 Å². The van der Waals surface area contributed by atoms with Crippen molar-refractivity contribution in [2.24, 2.45) is 0 Å². The van der Waals surface area contributed by atoms with Crippen LogP contribution in [0.3, 0.4) is 0 Å². The van der Waals surface area contributed by atoms with Crippen molar-refractivity contribution in [3.8, 4) is 11.5 Å². The first-order valence-corrected chi connectivity index (χ1v) is 9.14. The van der Waals surface area contributed by atoms with E-state index in [4.69, 9.17) is 14.6 Å². The van der Waals surface area contributed by atoms with E-state index in [0.29, 0.717) is 13.2 Å². The van der Waals surface area contributed by atoms with Crippen LogP contribution < -0.4 is 14.4 Å². The lowest BCUT2D eigenvalue weighted by atomic mass is 9.98. The van der Waals surface area contributed by atoms with Gasteiger partial charge in [0, 0.05) is 36.3 Å². The van der Waals surface area contributed by atoms with E-state index in [1.165, 1.54) is 18.5 Å². The molecular weight excluding hydrogens is 330 g/mol. The molecule has 4 rings (SSSR count). The number of carbonyl (C=O) groups is 1. The number of nitrogens with zero attached hydrogens (tertiary/aromatic N) is 1. The molecule has 0 spiro atoms. The number of carboxylic acids is 1. The van der Waals surface area contributed by atoms with Gasteiger partial charge in [0.2, 0.25) is 0 Å². The minimum absolute atomic E-state index is 0.0753. The van der Waals surface area contributed by atoms with Crippen LogP contribution in [-0.2, 0) is 11.4 Å². The number of carboxylic acid groups (broad SMARTS) is 1. The highest BCUT2D eigenvalue weighted by Crippen LogP contribution is 2.38. The van der Waals surface area contributed by atoms with Crippen molar-refractivity contribution in [3.05, 3.63) is 53.6 Å². The SMILES string of the molecule is O=C(O)CC1COc2cc(OCc3cccc(N4CCCC4)c3)ccc21. The van der Waals surface area contributed by atoms with Crippen LogP contribution in [0.5, 0.6) is 11.5 Å². The molecule has 0 amide bonds. The zero-order chi connectivity index (χ0) is 17.9. The molecule has 2 aliphatic heterocycles. The maximum absolute atomic E-state index is 10.9. The van der Waals surface area contributed by atoms with Gasteiger partial charge in [0.25, 0.3) is 0 Å². The Balaban J connectivity index is 1.41. The van der Waals surface area contributed by atoms with Gasteiger partial charge in [-0.3, -0.25) is 4.79 Å². The monoisotopic (exact) mass is 353 g/mol. The molecule has 2 aromatic carbocycles. The van der Waals surface area contributed by atoms with E-state index in [1.807, 2.05) is 18.2 Å². The number of rotatable bonds is 6. The molecule has 2 heterocycles. The molecule has 0 radical (unpaired) electrons. The molecule has 0 aromatic heterocycles. The highest BCUT2D eigenvalue weighted by molar-refractivity contribution is 5.68. The number of fused-ring (bicyclic) bond motifs is 1. The summed E-state index contributed by atoms with van der Waals surface area (Å²) >= 11 is 0. The molecule has 1 unspecified atom stereocenters. The summed E-state index contributed by atoms with van der Waals surface area (Å²) < 4.78 is 11.6. The summed E-state index contributed by atoms with van der Waals surface area (Å²) in [6, 6.07) is 14.2. The quantitative estimate of drug-likeness (QED) is 0.856. The molecule has 26 heavy (non-hydrogen) atoms. The molecule has 0 bridgehead atoms. The van der Waals surface area contributed by atoms with Gasteiger partial charge in [0.05, 0.1) is 13.0 Å². The van der Waals surface area contributed by atoms with E-state index >= 15 is 0 Å². The maximum atomic E-state index is 10.9. The molecule has 1 N–H and O–H groups in total. The topological polar surface area (TPSA) is 59.0 Å². The number of hydrogen-bond acceptors (Lipinski definition) is 4. The predicted octanol–water partition coefficient (Wildman–Crippen LogP) is 3.82. The van der Waals surface area contributed by atoms with Crippen molar-refractivity contribution in [2.45, 2.75) is 31.8 Å². The van der Waals surface area contributed by atoms with Crippen molar-refractivity contribution >= 4 is 11.7 Å². The molecule has 5 heteroatoms. The van der Waals surface area contributed by atoms with Crippen molar-refractivity contribution in [1.82, 2.24) is 0 Å².